The molecule has 2 amide bonds. The van der Waals surface area contributed by atoms with Crippen LogP contribution in [0.3, 0.4) is 0 Å². The molecule has 0 unspecified atom stereocenters. The predicted octanol–water partition coefficient (Wildman–Crippen LogP) is 4.59. The second kappa shape index (κ2) is 10.3. The van der Waals surface area contributed by atoms with Gasteiger partial charge in [0.05, 0.1) is 23.1 Å². The number of para-hydroxylation sites is 1. The van der Waals surface area contributed by atoms with Crippen LogP contribution in [0.5, 0.6) is 0 Å². The molecule has 0 radical (unpaired) electrons. The Morgan fingerprint density at radius 3 is 2.26 bits per heavy atom. The van der Waals surface area contributed by atoms with Crippen LogP contribution in [0, 0.1) is 6.92 Å². The van der Waals surface area contributed by atoms with Crippen molar-refractivity contribution in [2.24, 2.45) is 0 Å². The highest BCUT2D eigenvalue weighted by atomic mass is 35.5. The van der Waals surface area contributed by atoms with Gasteiger partial charge in [-0.3, -0.25) is 14.5 Å². The molecule has 27 heavy (non-hydrogen) atoms. The van der Waals surface area contributed by atoms with Crippen LogP contribution in [0.1, 0.15) is 18.9 Å². The van der Waals surface area contributed by atoms with E-state index in [2.05, 4.69) is 10.6 Å². The molecule has 0 spiro atoms. The summed E-state index contributed by atoms with van der Waals surface area (Å²) in [5.74, 6) is -0.370. The minimum absolute atomic E-state index is 0.106. The fraction of sp³-hybridized carbons (Fsp3) is 0.300. The summed E-state index contributed by atoms with van der Waals surface area (Å²) in [6, 6.07) is 12.5. The minimum Gasteiger partial charge on any atom is -0.325 e. The van der Waals surface area contributed by atoms with Crippen molar-refractivity contribution in [2.45, 2.75) is 20.3 Å². The van der Waals surface area contributed by atoms with Crippen LogP contribution in [-0.4, -0.2) is 36.3 Å². The van der Waals surface area contributed by atoms with Crippen molar-refractivity contribution in [1.29, 1.82) is 0 Å². The van der Waals surface area contributed by atoms with Gasteiger partial charge < -0.3 is 10.6 Å². The van der Waals surface area contributed by atoms with E-state index in [-0.39, 0.29) is 24.9 Å². The monoisotopic (exact) mass is 407 g/mol. The molecule has 0 saturated heterocycles. The van der Waals surface area contributed by atoms with E-state index in [1.165, 1.54) is 0 Å². The SMILES string of the molecule is CCCN(CC(=O)Nc1ccc(Cl)c(Cl)c1)CC(=O)Nc1ccccc1C. The van der Waals surface area contributed by atoms with Gasteiger partial charge >= 0.3 is 0 Å². The molecule has 0 aromatic heterocycles. The maximum absolute atomic E-state index is 12.4. The number of anilines is 2. The Kier molecular flexibility index (Phi) is 8.10. The van der Waals surface area contributed by atoms with E-state index in [1.54, 1.807) is 23.1 Å². The van der Waals surface area contributed by atoms with Crippen molar-refractivity contribution in [3.63, 3.8) is 0 Å². The van der Waals surface area contributed by atoms with Gasteiger partial charge in [-0.25, -0.2) is 0 Å². The topological polar surface area (TPSA) is 61.4 Å². The highest BCUT2D eigenvalue weighted by Crippen LogP contribution is 2.25. The van der Waals surface area contributed by atoms with E-state index in [1.807, 2.05) is 38.1 Å². The molecule has 7 heteroatoms. The normalized spacial score (nSPS) is 10.7. The third kappa shape index (κ3) is 6.86. The molecule has 5 nitrogen and oxygen atoms in total. The standard InChI is InChI=1S/C20H23Cl2N3O2/c1-3-10-25(13-20(27)24-18-7-5-4-6-14(18)2)12-19(26)23-15-8-9-16(21)17(22)11-15/h4-9,11H,3,10,12-13H2,1-2H3,(H,23,26)(H,24,27). The lowest BCUT2D eigenvalue weighted by molar-refractivity contribution is -0.120. The maximum atomic E-state index is 12.4. The molecule has 0 aliphatic heterocycles. The summed E-state index contributed by atoms with van der Waals surface area (Å²) in [4.78, 5) is 26.5. The summed E-state index contributed by atoms with van der Waals surface area (Å²) < 4.78 is 0. The average Bonchev–Trinajstić information content (AvgIpc) is 2.60. The second-order valence-corrected chi connectivity index (χ2v) is 7.07. The molecule has 2 rings (SSSR count). The fourth-order valence-electron chi connectivity index (χ4n) is 2.61. The summed E-state index contributed by atoms with van der Waals surface area (Å²) in [5, 5.41) is 6.47. The van der Waals surface area contributed by atoms with Gasteiger partial charge in [-0.2, -0.15) is 0 Å². The van der Waals surface area contributed by atoms with Crippen molar-refractivity contribution < 1.29 is 9.59 Å². The highest BCUT2D eigenvalue weighted by molar-refractivity contribution is 6.42. The number of halogens is 2. The van der Waals surface area contributed by atoms with Crippen LogP contribution in [0.4, 0.5) is 11.4 Å². The van der Waals surface area contributed by atoms with Gasteiger partial charge in [-0.1, -0.05) is 48.3 Å². The first kappa shape index (κ1) is 21.2. The van der Waals surface area contributed by atoms with Gasteiger partial charge in [0.25, 0.3) is 0 Å². The van der Waals surface area contributed by atoms with Crippen molar-refractivity contribution in [3.05, 3.63) is 58.1 Å². The first-order chi connectivity index (χ1) is 12.9. The average molecular weight is 408 g/mol. The molecule has 0 heterocycles. The number of benzene rings is 2. The molecule has 0 bridgehead atoms. The van der Waals surface area contributed by atoms with Gasteiger partial charge in [0.15, 0.2) is 0 Å². The lowest BCUT2D eigenvalue weighted by Gasteiger charge is -2.21. The van der Waals surface area contributed by atoms with E-state index < -0.39 is 0 Å². The smallest absolute Gasteiger partial charge is 0.238 e. The molecule has 0 saturated carbocycles. The lowest BCUT2D eigenvalue weighted by Crippen LogP contribution is -2.39. The lowest BCUT2D eigenvalue weighted by atomic mass is 10.2. The van der Waals surface area contributed by atoms with E-state index in [0.717, 1.165) is 17.7 Å². The van der Waals surface area contributed by atoms with Crippen LogP contribution in [0.15, 0.2) is 42.5 Å². The number of rotatable bonds is 8. The zero-order chi connectivity index (χ0) is 19.8. The van der Waals surface area contributed by atoms with Crippen molar-refractivity contribution in [1.82, 2.24) is 4.90 Å². The van der Waals surface area contributed by atoms with Crippen molar-refractivity contribution in [2.75, 3.05) is 30.3 Å². The second-order valence-electron chi connectivity index (χ2n) is 6.25. The predicted molar refractivity (Wildman–Crippen MR) is 112 cm³/mol. The number of nitrogens with zero attached hydrogens (tertiary/aromatic N) is 1. The summed E-state index contributed by atoms with van der Waals surface area (Å²) in [5.41, 5.74) is 2.33. The van der Waals surface area contributed by atoms with Gasteiger partial charge in [0.2, 0.25) is 11.8 Å². The number of amides is 2. The third-order valence-electron chi connectivity index (χ3n) is 3.90. The molecule has 2 aromatic carbocycles. The minimum atomic E-state index is -0.217. The summed E-state index contributed by atoms with van der Waals surface area (Å²) in [6.45, 7) is 4.81. The molecule has 0 atom stereocenters. The summed E-state index contributed by atoms with van der Waals surface area (Å²) in [7, 11) is 0. The molecule has 2 aromatic rings. The van der Waals surface area contributed by atoms with Crippen LogP contribution in [0.2, 0.25) is 10.0 Å². The Bertz CT molecular complexity index is 812. The first-order valence-corrected chi connectivity index (χ1v) is 9.47. The molecule has 2 N–H and O–H groups in total. The number of hydrogen-bond donors (Lipinski definition) is 2. The van der Waals surface area contributed by atoms with Gasteiger partial charge in [0.1, 0.15) is 0 Å². The van der Waals surface area contributed by atoms with Crippen LogP contribution < -0.4 is 10.6 Å². The molecular formula is C20H23Cl2N3O2. The van der Waals surface area contributed by atoms with E-state index >= 15 is 0 Å². The number of nitrogens with one attached hydrogen (secondary N) is 2. The Labute approximate surface area is 169 Å². The van der Waals surface area contributed by atoms with Crippen molar-refractivity contribution >= 4 is 46.4 Å². The largest absolute Gasteiger partial charge is 0.325 e. The van der Waals surface area contributed by atoms with Gasteiger partial charge in [0, 0.05) is 11.4 Å². The van der Waals surface area contributed by atoms with E-state index in [4.69, 9.17) is 23.2 Å². The molecule has 0 aliphatic rings. The Morgan fingerprint density at radius 1 is 0.963 bits per heavy atom. The quantitative estimate of drug-likeness (QED) is 0.672. The fourth-order valence-corrected chi connectivity index (χ4v) is 2.91. The Morgan fingerprint density at radius 2 is 1.63 bits per heavy atom. The van der Waals surface area contributed by atoms with Gasteiger partial charge in [-0.05, 0) is 49.7 Å². The number of aryl methyl sites for hydroxylation is 1. The Balaban J connectivity index is 1.93. The maximum Gasteiger partial charge on any atom is 0.238 e. The van der Waals surface area contributed by atoms with E-state index in [9.17, 15) is 9.59 Å². The zero-order valence-electron chi connectivity index (χ0n) is 15.4. The zero-order valence-corrected chi connectivity index (χ0v) is 16.9. The van der Waals surface area contributed by atoms with Gasteiger partial charge in [-0.15, -0.1) is 0 Å². The number of carbonyl (C=O) groups is 2. The van der Waals surface area contributed by atoms with Crippen LogP contribution in [-0.2, 0) is 9.59 Å². The molecule has 0 fully saturated rings. The highest BCUT2D eigenvalue weighted by Gasteiger charge is 2.15. The molecule has 144 valence electrons. The first-order valence-electron chi connectivity index (χ1n) is 8.71. The number of hydrogen-bond acceptors (Lipinski definition) is 3. The third-order valence-corrected chi connectivity index (χ3v) is 4.64. The van der Waals surface area contributed by atoms with Crippen molar-refractivity contribution in [3.8, 4) is 0 Å². The van der Waals surface area contributed by atoms with Crippen LogP contribution in [0.25, 0.3) is 0 Å². The Hall–Kier alpha value is -2.08. The summed E-state index contributed by atoms with van der Waals surface area (Å²) >= 11 is 11.8. The van der Waals surface area contributed by atoms with E-state index in [0.29, 0.717) is 22.3 Å². The van der Waals surface area contributed by atoms with Crippen LogP contribution >= 0.6 is 23.2 Å². The number of carbonyl (C=O) groups excluding carboxylic acids is 2. The molecule has 0 aliphatic carbocycles. The molecular weight excluding hydrogens is 385 g/mol. The summed E-state index contributed by atoms with van der Waals surface area (Å²) in [6.07, 6.45) is 0.831.